The molecule has 0 radical (unpaired) electrons. The summed E-state index contributed by atoms with van der Waals surface area (Å²) < 4.78 is 10.5. The van der Waals surface area contributed by atoms with Crippen LogP contribution in [-0.2, 0) is 14.2 Å². The van der Waals surface area contributed by atoms with E-state index in [-0.39, 0.29) is 0 Å². The fourth-order valence-electron chi connectivity index (χ4n) is 0.712. The molecular formula is C5H9O7P. The number of rotatable bonds is 4. The Kier molecular flexibility index (Phi) is 3.60. The van der Waals surface area contributed by atoms with Crippen LogP contribution in [0.4, 0.5) is 0 Å². The molecule has 0 aliphatic rings. The third-order valence-corrected chi connectivity index (χ3v) is 2.90. The first kappa shape index (κ1) is 12.1. The van der Waals surface area contributed by atoms with Crippen LogP contribution in [0, 0.1) is 5.92 Å². The van der Waals surface area contributed by atoms with Crippen molar-refractivity contribution < 1.29 is 34.2 Å². The second-order valence-electron chi connectivity index (χ2n) is 2.48. The second kappa shape index (κ2) is 3.87. The number of hydrogen-bond donors (Lipinski definition) is 4. The first-order valence-electron chi connectivity index (χ1n) is 3.18. The van der Waals surface area contributed by atoms with Crippen LogP contribution in [0.5, 0.6) is 0 Å². The number of carboxylic acids is 2. The smallest absolute Gasteiger partial charge is 0.329 e. The summed E-state index contributed by atoms with van der Waals surface area (Å²) in [6, 6.07) is 0. The Balaban J connectivity index is 4.88. The van der Waals surface area contributed by atoms with E-state index >= 15 is 0 Å². The van der Waals surface area contributed by atoms with Crippen molar-refractivity contribution in [2.24, 2.45) is 5.92 Å². The molecule has 1 atom stereocenters. The molecule has 0 saturated carbocycles. The zero-order chi connectivity index (χ0) is 10.8. The Labute approximate surface area is 73.2 Å². The lowest BCUT2D eigenvalue weighted by atomic mass is 10.1. The minimum Gasteiger partial charge on any atom is -0.481 e. The summed E-state index contributed by atoms with van der Waals surface area (Å²) in [5.74, 6) is -5.60. The minimum atomic E-state index is -4.68. The highest BCUT2D eigenvalue weighted by atomic mass is 31.2. The lowest BCUT2D eigenvalue weighted by molar-refractivity contribution is -0.154. The van der Waals surface area contributed by atoms with E-state index in [2.05, 4.69) is 0 Å². The third-order valence-electron chi connectivity index (χ3n) is 1.55. The molecule has 0 fully saturated rings. The minimum absolute atomic E-state index is 0.883. The van der Waals surface area contributed by atoms with Crippen molar-refractivity contribution in [1.82, 2.24) is 0 Å². The van der Waals surface area contributed by atoms with Gasteiger partial charge in [0.2, 0.25) is 0 Å². The largest absolute Gasteiger partial charge is 0.481 e. The van der Waals surface area contributed by atoms with E-state index in [9.17, 15) is 14.2 Å². The fraction of sp³-hybridized carbons (Fsp3) is 0.600. The molecule has 0 aromatic rings. The number of hydrogen-bond acceptors (Lipinski definition) is 3. The van der Waals surface area contributed by atoms with E-state index in [1.165, 1.54) is 0 Å². The highest BCUT2D eigenvalue weighted by Gasteiger charge is 2.41. The normalized spacial score (nSPS) is 14.2. The molecule has 76 valence electrons. The average Bonchev–Trinajstić information content (AvgIpc) is 1.82. The molecule has 0 heterocycles. The summed E-state index contributed by atoms with van der Waals surface area (Å²) in [5, 5.41) is 16.7. The highest BCUT2D eigenvalue weighted by molar-refractivity contribution is 7.52. The maximum atomic E-state index is 10.5. The predicted molar refractivity (Wildman–Crippen MR) is 40.3 cm³/mol. The Morgan fingerprint density at radius 1 is 1.15 bits per heavy atom. The van der Waals surface area contributed by atoms with Gasteiger partial charge in [-0.05, 0) is 6.92 Å². The maximum absolute atomic E-state index is 10.5. The standard InChI is InChI=1S/C5H9O7P/c1-2(13(10,11)12)3(4(6)7)5(8)9/h2-3H,1H3,(H,6,7)(H,8,9)(H2,10,11,12). The third kappa shape index (κ3) is 3.14. The van der Waals surface area contributed by atoms with Crippen LogP contribution >= 0.6 is 7.60 Å². The van der Waals surface area contributed by atoms with E-state index in [0.717, 1.165) is 6.92 Å². The van der Waals surface area contributed by atoms with E-state index in [1.807, 2.05) is 0 Å². The quantitative estimate of drug-likeness (QED) is 0.359. The van der Waals surface area contributed by atoms with Crippen molar-refractivity contribution in [2.75, 3.05) is 0 Å². The Hall–Kier alpha value is -0.910. The van der Waals surface area contributed by atoms with Crippen molar-refractivity contribution in [3.63, 3.8) is 0 Å². The molecular weight excluding hydrogens is 203 g/mol. The lowest BCUT2D eigenvalue weighted by Gasteiger charge is -2.16. The van der Waals surface area contributed by atoms with Crippen molar-refractivity contribution in [3.05, 3.63) is 0 Å². The van der Waals surface area contributed by atoms with Gasteiger partial charge in [-0.25, -0.2) is 0 Å². The molecule has 7 nitrogen and oxygen atoms in total. The van der Waals surface area contributed by atoms with Gasteiger partial charge in [0.05, 0.1) is 5.66 Å². The number of carboxylic acid groups (broad SMARTS) is 2. The molecule has 0 amide bonds. The van der Waals surface area contributed by atoms with Crippen LogP contribution in [0.15, 0.2) is 0 Å². The molecule has 0 rings (SSSR count). The Morgan fingerprint density at radius 3 is 1.54 bits per heavy atom. The molecule has 4 N–H and O–H groups in total. The van der Waals surface area contributed by atoms with Gasteiger partial charge in [0.15, 0.2) is 5.92 Å². The molecule has 0 saturated heterocycles. The van der Waals surface area contributed by atoms with Crippen LogP contribution in [0.2, 0.25) is 0 Å². The van der Waals surface area contributed by atoms with Gasteiger partial charge < -0.3 is 20.0 Å². The molecule has 0 aromatic heterocycles. The van der Waals surface area contributed by atoms with Gasteiger partial charge in [-0.2, -0.15) is 0 Å². The topological polar surface area (TPSA) is 132 Å². The molecule has 0 aliphatic heterocycles. The summed E-state index contributed by atoms with van der Waals surface area (Å²) in [7, 11) is -4.68. The van der Waals surface area contributed by atoms with Gasteiger partial charge in [-0.15, -0.1) is 0 Å². The summed E-state index contributed by atoms with van der Waals surface area (Å²) in [6.45, 7) is 0.883. The zero-order valence-electron chi connectivity index (χ0n) is 6.62. The van der Waals surface area contributed by atoms with E-state index in [1.54, 1.807) is 0 Å². The molecule has 0 spiro atoms. The Bertz CT molecular complexity index is 252. The summed E-state index contributed by atoms with van der Waals surface area (Å²) in [4.78, 5) is 37.7. The number of carbonyl (C=O) groups is 2. The summed E-state index contributed by atoms with van der Waals surface area (Å²) in [5.41, 5.74) is -1.73. The highest BCUT2D eigenvalue weighted by Crippen LogP contribution is 2.44. The van der Waals surface area contributed by atoms with E-state index in [0.29, 0.717) is 0 Å². The second-order valence-corrected chi connectivity index (χ2v) is 4.48. The lowest BCUT2D eigenvalue weighted by Crippen LogP contribution is -2.33. The van der Waals surface area contributed by atoms with Gasteiger partial charge in [0.1, 0.15) is 0 Å². The van der Waals surface area contributed by atoms with Gasteiger partial charge in [-0.1, -0.05) is 0 Å². The predicted octanol–water partition coefficient (Wildman–Crippen LogP) is -0.662. The Morgan fingerprint density at radius 2 is 1.46 bits per heavy atom. The van der Waals surface area contributed by atoms with Crippen molar-refractivity contribution >= 4 is 19.5 Å². The van der Waals surface area contributed by atoms with E-state index in [4.69, 9.17) is 20.0 Å². The molecule has 0 aromatic carbocycles. The molecule has 1 unspecified atom stereocenters. The average molecular weight is 212 g/mol. The van der Waals surface area contributed by atoms with Crippen LogP contribution in [0.3, 0.4) is 0 Å². The first-order chi connectivity index (χ1) is 5.68. The van der Waals surface area contributed by atoms with Gasteiger partial charge in [-0.3, -0.25) is 14.2 Å². The fourth-order valence-corrected chi connectivity index (χ4v) is 1.36. The zero-order valence-corrected chi connectivity index (χ0v) is 7.51. The van der Waals surface area contributed by atoms with Crippen LogP contribution in [0.25, 0.3) is 0 Å². The van der Waals surface area contributed by atoms with Crippen LogP contribution in [0.1, 0.15) is 6.92 Å². The molecule has 0 bridgehead atoms. The van der Waals surface area contributed by atoms with E-state index < -0.39 is 31.1 Å². The van der Waals surface area contributed by atoms with Crippen LogP contribution < -0.4 is 0 Å². The summed E-state index contributed by atoms with van der Waals surface area (Å²) >= 11 is 0. The monoisotopic (exact) mass is 212 g/mol. The number of aliphatic carboxylic acids is 2. The van der Waals surface area contributed by atoms with Crippen molar-refractivity contribution in [3.8, 4) is 0 Å². The first-order valence-corrected chi connectivity index (χ1v) is 4.87. The molecule has 8 heteroatoms. The molecule has 13 heavy (non-hydrogen) atoms. The van der Waals surface area contributed by atoms with Crippen molar-refractivity contribution in [1.29, 1.82) is 0 Å². The van der Waals surface area contributed by atoms with Crippen molar-refractivity contribution in [2.45, 2.75) is 12.6 Å². The summed E-state index contributed by atoms with van der Waals surface area (Å²) in [6.07, 6.45) is 0. The molecule has 0 aliphatic carbocycles. The van der Waals surface area contributed by atoms with Gasteiger partial charge in [0, 0.05) is 0 Å². The van der Waals surface area contributed by atoms with Gasteiger partial charge >= 0.3 is 19.5 Å². The maximum Gasteiger partial charge on any atom is 0.329 e. The SMILES string of the molecule is CC(C(C(=O)O)C(=O)O)P(=O)(O)O. The van der Waals surface area contributed by atoms with Gasteiger partial charge in [0.25, 0.3) is 0 Å². The van der Waals surface area contributed by atoms with Crippen LogP contribution in [-0.4, -0.2) is 37.6 Å².